The number of nitrogens with zero attached hydrogens (tertiary/aromatic N) is 4. The number of benzene rings is 2. The Kier molecular flexibility index (Phi) is 11.9. The van der Waals surface area contributed by atoms with Crippen molar-refractivity contribution in [2.75, 3.05) is 26.2 Å². The molecule has 3 aromatic rings. The molecular formula is C31H42Cl2N4O. The van der Waals surface area contributed by atoms with Gasteiger partial charge in [-0.25, -0.2) is 0 Å². The first-order chi connectivity index (χ1) is 17.7. The van der Waals surface area contributed by atoms with Gasteiger partial charge in [0.15, 0.2) is 5.82 Å². The largest absolute Gasteiger partial charge is 0.334 e. The molecule has 0 spiro atoms. The van der Waals surface area contributed by atoms with Crippen molar-refractivity contribution in [2.45, 2.75) is 65.0 Å². The van der Waals surface area contributed by atoms with Gasteiger partial charge < -0.3 is 9.42 Å². The van der Waals surface area contributed by atoms with Crippen LogP contribution in [0.25, 0.3) is 17.0 Å². The molecule has 2 aromatic carbocycles. The van der Waals surface area contributed by atoms with Crippen LogP contribution < -0.4 is 0 Å². The van der Waals surface area contributed by atoms with Gasteiger partial charge in [-0.15, -0.1) is 24.8 Å². The second kappa shape index (κ2) is 14.8. The molecule has 5 nitrogen and oxygen atoms in total. The molecule has 1 fully saturated rings. The molecule has 0 amide bonds. The zero-order valence-electron chi connectivity index (χ0n) is 22.7. The lowest BCUT2D eigenvalue weighted by Crippen LogP contribution is -2.41. The lowest BCUT2D eigenvalue weighted by Gasteiger charge is -2.36. The van der Waals surface area contributed by atoms with Gasteiger partial charge in [-0.2, -0.15) is 4.98 Å². The van der Waals surface area contributed by atoms with Crippen molar-refractivity contribution < 1.29 is 4.52 Å². The van der Waals surface area contributed by atoms with Crippen LogP contribution in [-0.4, -0.2) is 52.2 Å². The molecule has 2 aliphatic rings. The summed E-state index contributed by atoms with van der Waals surface area (Å²) in [6.07, 6.45) is 9.36. The van der Waals surface area contributed by atoms with Crippen molar-refractivity contribution in [3.8, 4) is 11.5 Å². The molecule has 0 unspecified atom stereocenters. The van der Waals surface area contributed by atoms with Gasteiger partial charge in [0.2, 0.25) is 0 Å². The second-order valence-electron chi connectivity index (χ2n) is 10.4. The van der Waals surface area contributed by atoms with E-state index in [-0.39, 0.29) is 24.8 Å². The summed E-state index contributed by atoms with van der Waals surface area (Å²) in [5.41, 5.74) is 5.14. The van der Waals surface area contributed by atoms with E-state index < -0.39 is 0 Å². The Hall–Kier alpha value is -2.18. The van der Waals surface area contributed by atoms with Crippen molar-refractivity contribution in [3.05, 3.63) is 77.6 Å². The van der Waals surface area contributed by atoms with Crippen LogP contribution in [0.15, 0.2) is 65.2 Å². The third-order valence-corrected chi connectivity index (χ3v) is 8.09. The Bertz CT molecular complexity index is 1120. The Labute approximate surface area is 240 Å². The minimum atomic E-state index is 0. The maximum Gasteiger partial charge on any atom is 0.257 e. The summed E-state index contributed by atoms with van der Waals surface area (Å²) < 4.78 is 5.64. The fraction of sp³-hybridized carbons (Fsp3) is 0.484. The van der Waals surface area contributed by atoms with Gasteiger partial charge >= 0.3 is 0 Å². The Morgan fingerprint density at radius 2 is 1.61 bits per heavy atom. The molecule has 0 aliphatic carbocycles. The molecule has 0 bridgehead atoms. The van der Waals surface area contributed by atoms with E-state index in [4.69, 9.17) is 9.51 Å². The minimum absolute atomic E-state index is 0. The summed E-state index contributed by atoms with van der Waals surface area (Å²) >= 11 is 0. The molecule has 7 heteroatoms. The van der Waals surface area contributed by atoms with Crippen LogP contribution >= 0.6 is 24.8 Å². The van der Waals surface area contributed by atoms with Crippen molar-refractivity contribution in [1.82, 2.24) is 19.9 Å². The van der Waals surface area contributed by atoms with Gasteiger partial charge in [-0.1, -0.05) is 67.5 Å². The average Bonchev–Trinajstić information content (AvgIpc) is 3.40. The number of hydrogen-bond donors (Lipinski definition) is 0. The van der Waals surface area contributed by atoms with Crippen molar-refractivity contribution in [1.29, 1.82) is 0 Å². The number of rotatable bonds is 9. The van der Waals surface area contributed by atoms with E-state index in [2.05, 4.69) is 89.5 Å². The van der Waals surface area contributed by atoms with Crippen LogP contribution in [0.4, 0.5) is 0 Å². The van der Waals surface area contributed by atoms with Gasteiger partial charge in [-0.3, -0.25) is 4.90 Å². The van der Waals surface area contributed by atoms with Crippen LogP contribution in [0.2, 0.25) is 0 Å². The molecule has 0 atom stereocenters. The fourth-order valence-electron chi connectivity index (χ4n) is 5.82. The first-order valence-electron chi connectivity index (χ1n) is 13.8. The average molecular weight is 558 g/mol. The van der Waals surface area contributed by atoms with Crippen LogP contribution in [0.5, 0.6) is 0 Å². The van der Waals surface area contributed by atoms with Gasteiger partial charge in [-0.05, 0) is 79.9 Å². The van der Waals surface area contributed by atoms with Crippen LogP contribution in [0.3, 0.4) is 0 Å². The molecule has 0 N–H and O–H groups in total. The minimum Gasteiger partial charge on any atom is -0.334 e. The smallest absolute Gasteiger partial charge is 0.257 e. The van der Waals surface area contributed by atoms with E-state index in [1.165, 1.54) is 55.5 Å². The first kappa shape index (κ1) is 30.4. The lowest BCUT2D eigenvalue weighted by atomic mass is 9.92. The van der Waals surface area contributed by atoms with Crippen molar-refractivity contribution >= 4 is 30.4 Å². The lowest BCUT2D eigenvalue weighted by molar-refractivity contribution is 0.125. The number of likely N-dealkylation sites (tertiary alicyclic amines) is 1. The fourth-order valence-corrected chi connectivity index (χ4v) is 5.82. The van der Waals surface area contributed by atoms with Gasteiger partial charge in [0.25, 0.3) is 5.89 Å². The summed E-state index contributed by atoms with van der Waals surface area (Å²) in [7, 11) is 0. The maximum absolute atomic E-state index is 5.64. The molecule has 1 saturated heterocycles. The number of hydrogen-bond acceptors (Lipinski definition) is 5. The van der Waals surface area contributed by atoms with E-state index in [1.807, 2.05) is 0 Å². The summed E-state index contributed by atoms with van der Waals surface area (Å²) in [4.78, 5) is 9.90. The third-order valence-electron chi connectivity index (χ3n) is 8.09. The molecule has 5 rings (SSSR count). The zero-order valence-corrected chi connectivity index (χ0v) is 24.4. The highest BCUT2D eigenvalue weighted by atomic mass is 35.5. The van der Waals surface area contributed by atoms with E-state index in [9.17, 15) is 0 Å². The molecule has 0 radical (unpaired) electrons. The summed E-state index contributed by atoms with van der Waals surface area (Å²) in [5.74, 6) is 2.15. The van der Waals surface area contributed by atoms with Crippen molar-refractivity contribution in [2.24, 2.45) is 5.92 Å². The van der Waals surface area contributed by atoms with Crippen LogP contribution in [-0.2, 0) is 13.0 Å². The van der Waals surface area contributed by atoms with E-state index in [1.54, 1.807) is 0 Å². The molecule has 1 aromatic heterocycles. The zero-order chi connectivity index (χ0) is 24.7. The Morgan fingerprint density at radius 1 is 0.895 bits per heavy atom. The summed E-state index contributed by atoms with van der Waals surface area (Å²) in [5, 5.41) is 4.31. The molecule has 38 heavy (non-hydrogen) atoms. The third kappa shape index (κ3) is 7.69. The number of halogens is 2. The summed E-state index contributed by atoms with van der Waals surface area (Å²) in [6, 6.07) is 20.1. The van der Waals surface area contributed by atoms with E-state index >= 15 is 0 Å². The topological polar surface area (TPSA) is 45.4 Å². The monoisotopic (exact) mass is 556 g/mol. The number of piperidine rings is 1. The van der Waals surface area contributed by atoms with E-state index in [0.29, 0.717) is 11.8 Å². The predicted molar refractivity (Wildman–Crippen MR) is 161 cm³/mol. The Balaban J connectivity index is 0.00000200. The highest BCUT2D eigenvalue weighted by Gasteiger charge is 2.24. The van der Waals surface area contributed by atoms with Crippen LogP contribution in [0.1, 0.15) is 62.9 Å². The molecule has 0 saturated carbocycles. The highest BCUT2D eigenvalue weighted by molar-refractivity contribution is 5.85. The van der Waals surface area contributed by atoms with E-state index in [0.717, 1.165) is 49.9 Å². The van der Waals surface area contributed by atoms with Gasteiger partial charge in [0.1, 0.15) is 0 Å². The highest BCUT2D eigenvalue weighted by Crippen LogP contribution is 2.26. The first-order valence-corrected chi connectivity index (χ1v) is 13.8. The predicted octanol–water partition coefficient (Wildman–Crippen LogP) is 7.31. The van der Waals surface area contributed by atoms with Gasteiger partial charge in [0.05, 0.1) is 0 Å². The molecular weight excluding hydrogens is 515 g/mol. The molecule has 3 heterocycles. The quantitative estimate of drug-likeness (QED) is 0.276. The van der Waals surface area contributed by atoms with Gasteiger partial charge in [0, 0.05) is 37.7 Å². The standard InChI is InChI=1S/C31H40N4O.2ClH/c1-3-29(4-2)35-20-14-24(15-21-35)22-30-32-31(36-33-30)28-12-10-25(11-13-28)23-34-18-16-27(17-19-34)26-8-6-5-7-9-26;;/h5-13,16,24,29H,3-4,14-15,17-23H2,1-2H3;2*1H. The maximum atomic E-state index is 5.64. The second-order valence-corrected chi connectivity index (χ2v) is 10.4. The van der Waals surface area contributed by atoms with Crippen LogP contribution in [0, 0.1) is 5.92 Å². The number of aromatic nitrogens is 2. The normalized spacial score (nSPS) is 17.1. The van der Waals surface area contributed by atoms with Crippen molar-refractivity contribution in [3.63, 3.8) is 0 Å². The molecule has 206 valence electrons. The SMILES string of the molecule is CCC(CC)N1CCC(Cc2noc(-c3ccc(CN4CC=C(c5ccccc5)CC4)cc3)n2)CC1.Cl.Cl. The Morgan fingerprint density at radius 3 is 2.24 bits per heavy atom. The summed E-state index contributed by atoms with van der Waals surface area (Å²) in [6.45, 7) is 10.1. The molecule has 2 aliphatic heterocycles.